The van der Waals surface area contributed by atoms with E-state index >= 15 is 0 Å². The van der Waals surface area contributed by atoms with Gasteiger partial charge >= 0.3 is 0 Å². The van der Waals surface area contributed by atoms with E-state index in [1.165, 1.54) is 41.9 Å². The van der Waals surface area contributed by atoms with E-state index in [4.69, 9.17) is 12.2 Å². The lowest BCUT2D eigenvalue weighted by Crippen LogP contribution is -2.43. The second-order valence-electron chi connectivity index (χ2n) is 6.16. The number of thioether (sulfide) groups is 1. The van der Waals surface area contributed by atoms with Crippen LogP contribution in [0.5, 0.6) is 0 Å². The van der Waals surface area contributed by atoms with Crippen molar-refractivity contribution in [3.63, 3.8) is 0 Å². The van der Waals surface area contributed by atoms with Crippen molar-refractivity contribution in [2.45, 2.75) is 49.6 Å². The van der Waals surface area contributed by atoms with E-state index in [9.17, 15) is 0 Å². The molecule has 0 spiro atoms. The summed E-state index contributed by atoms with van der Waals surface area (Å²) >= 11 is 9.37. The third-order valence-corrected chi connectivity index (χ3v) is 6.43. The topological polar surface area (TPSA) is 15.3 Å². The molecule has 24 heavy (non-hydrogen) atoms. The molecule has 3 rings (SSSR count). The number of rotatable bonds is 5. The van der Waals surface area contributed by atoms with E-state index in [1.807, 2.05) is 11.3 Å². The van der Waals surface area contributed by atoms with Crippen LogP contribution in [0.15, 0.2) is 46.7 Å². The molecule has 0 unspecified atom stereocenters. The fourth-order valence-corrected chi connectivity index (χ4v) is 4.72. The van der Waals surface area contributed by atoms with E-state index in [1.54, 1.807) is 11.8 Å². The van der Waals surface area contributed by atoms with Crippen LogP contribution in [0.25, 0.3) is 0 Å². The normalized spacial score (nSPS) is 15.2. The van der Waals surface area contributed by atoms with Gasteiger partial charge in [-0.15, -0.1) is 23.1 Å². The number of nitrogens with zero attached hydrogens (tertiary/aromatic N) is 1. The van der Waals surface area contributed by atoms with Crippen molar-refractivity contribution >= 4 is 46.1 Å². The summed E-state index contributed by atoms with van der Waals surface area (Å²) in [6, 6.07) is 13.4. The Hall–Kier alpha value is -1.04. The third kappa shape index (κ3) is 4.74. The highest BCUT2D eigenvalue weighted by molar-refractivity contribution is 7.98. The standard InChI is InChI=1S/C19H24N2S3/c1-23-17-10-5-7-15(13-17)20-19(22)21(14-18-11-6-12-24-18)16-8-3-2-4-9-16/h5-7,10-13,16H,2-4,8-9,14H2,1H3,(H,20,22). The van der Waals surface area contributed by atoms with E-state index in [0.717, 1.165) is 17.3 Å². The zero-order chi connectivity index (χ0) is 16.8. The summed E-state index contributed by atoms with van der Waals surface area (Å²) in [5.74, 6) is 0. The molecule has 2 aromatic rings. The minimum Gasteiger partial charge on any atom is -0.341 e. The predicted molar refractivity (Wildman–Crippen MR) is 111 cm³/mol. The molecule has 1 N–H and O–H groups in total. The zero-order valence-electron chi connectivity index (χ0n) is 14.0. The lowest BCUT2D eigenvalue weighted by atomic mass is 9.94. The van der Waals surface area contributed by atoms with E-state index in [0.29, 0.717) is 6.04 Å². The second-order valence-corrected chi connectivity index (χ2v) is 8.46. The third-order valence-electron chi connectivity index (χ3n) is 4.50. The van der Waals surface area contributed by atoms with Gasteiger partial charge in [-0.2, -0.15) is 0 Å². The second kappa shape index (κ2) is 8.88. The van der Waals surface area contributed by atoms with Crippen LogP contribution in [0.1, 0.15) is 37.0 Å². The summed E-state index contributed by atoms with van der Waals surface area (Å²) in [5.41, 5.74) is 1.08. The Balaban J connectivity index is 1.74. The Morgan fingerprint density at radius 1 is 1.25 bits per heavy atom. The fourth-order valence-electron chi connectivity index (χ4n) is 3.23. The van der Waals surface area contributed by atoms with Gasteiger partial charge < -0.3 is 10.2 Å². The van der Waals surface area contributed by atoms with Gasteiger partial charge in [0.1, 0.15) is 0 Å². The van der Waals surface area contributed by atoms with Gasteiger partial charge in [0.2, 0.25) is 0 Å². The van der Waals surface area contributed by atoms with Crippen LogP contribution in [-0.4, -0.2) is 22.3 Å². The van der Waals surface area contributed by atoms with Gasteiger partial charge in [-0.25, -0.2) is 0 Å². The monoisotopic (exact) mass is 376 g/mol. The molecule has 0 bridgehead atoms. The molecule has 1 aromatic carbocycles. The molecule has 1 heterocycles. The lowest BCUT2D eigenvalue weighted by molar-refractivity contribution is 0.242. The maximum Gasteiger partial charge on any atom is 0.174 e. The van der Waals surface area contributed by atoms with Gasteiger partial charge in [-0.05, 0) is 61.0 Å². The van der Waals surface area contributed by atoms with Crippen LogP contribution in [0.3, 0.4) is 0 Å². The highest BCUT2D eigenvalue weighted by Gasteiger charge is 2.23. The molecule has 0 radical (unpaired) electrons. The van der Waals surface area contributed by atoms with Crippen molar-refractivity contribution in [3.8, 4) is 0 Å². The summed E-state index contributed by atoms with van der Waals surface area (Å²) in [4.78, 5) is 5.04. The van der Waals surface area contributed by atoms with E-state index < -0.39 is 0 Å². The molecule has 1 saturated carbocycles. The van der Waals surface area contributed by atoms with Gasteiger partial charge in [-0.1, -0.05) is 31.4 Å². The number of benzene rings is 1. The number of hydrogen-bond donors (Lipinski definition) is 1. The average Bonchev–Trinajstić information content (AvgIpc) is 3.14. The summed E-state index contributed by atoms with van der Waals surface area (Å²) in [6.45, 7) is 0.913. The van der Waals surface area contributed by atoms with Crippen LogP contribution >= 0.6 is 35.3 Å². The van der Waals surface area contributed by atoms with Gasteiger partial charge in [0.25, 0.3) is 0 Å². The van der Waals surface area contributed by atoms with Crippen LogP contribution in [0.2, 0.25) is 0 Å². The Morgan fingerprint density at radius 3 is 2.79 bits per heavy atom. The van der Waals surface area contributed by atoms with E-state index in [2.05, 4.69) is 58.3 Å². The predicted octanol–water partition coefficient (Wildman–Crippen LogP) is 6.00. The number of anilines is 1. The van der Waals surface area contributed by atoms with Gasteiger partial charge in [0, 0.05) is 21.5 Å². The van der Waals surface area contributed by atoms with Crippen molar-refractivity contribution in [2.75, 3.05) is 11.6 Å². The van der Waals surface area contributed by atoms with Gasteiger partial charge in [0.05, 0.1) is 6.54 Å². The zero-order valence-corrected chi connectivity index (χ0v) is 16.5. The first kappa shape index (κ1) is 17.8. The van der Waals surface area contributed by atoms with Crippen LogP contribution < -0.4 is 5.32 Å². The smallest absolute Gasteiger partial charge is 0.174 e. The first-order valence-corrected chi connectivity index (χ1v) is 11.0. The Morgan fingerprint density at radius 2 is 2.08 bits per heavy atom. The van der Waals surface area contributed by atoms with Crippen molar-refractivity contribution in [3.05, 3.63) is 46.7 Å². The molecule has 1 aromatic heterocycles. The number of thiophene rings is 1. The quantitative estimate of drug-likeness (QED) is 0.508. The molecule has 1 fully saturated rings. The summed E-state index contributed by atoms with van der Waals surface area (Å²) in [7, 11) is 0. The minimum absolute atomic E-state index is 0.560. The molecule has 0 atom stereocenters. The first-order chi connectivity index (χ1) is 11.8. The van der Waals surface area contributed by atoms with Gasteiger partial charge in [0.15, 0.2) is 5.11 Å². The highest BCUT2D eigenvalue weighted by atomic mass is 32.2. The number of thiocarbonyl (C=S) groups is 1. The van der Waals surface area contributed by atoms with Crippen molar-refractivity contribution in [1.29, 1.82) is 0 Å². The van der Waals surface area contributed by atoms with Crippen LogP contribution in [0, 0.1) is 0 Å². The molecule has 1 aliphatic rings. The molecule has 2 nitrogen and oxygen atoms in total. The molecule has 128 valence electrons. The Labute approximate surface area is 158 Å². The van der Waals surface area contributed by atoms with E-state index in [-0.39, 0.29) is 0 Å². The lowest BCUT2D eigenvalue weighted by Gasteiger charge is -2.36. The largest absolute Gasteiger partial charge is 0.341 e. The molecule has 0 amide bonds. The van der Waals surface area contributed by atoms with Crippen molar-refractivity contribution < 1.29 is 0 Å². The fraction of sp³-hybridized carbons (Fsp3) is 0.421. The molecule has 0 aliphatic heterocycles. The average molecular weight is 377 g/mol. The van der Waals surface area contributed by atoms with Crippen LogP contribution in [0.4, 0.5) is 5.69 Å². The molecular weight excluding hydrogens is 352 g/mol. The SMILES string of the molecule is CSc1cccc(NC(=S)N(Cc2cccs2)C2CCCCC2)c1. The minimum atomic E-state index is 0.560. The maximum atomic E-state index is 5.80. The van der Waals surface area contributed by atoms with Crippen molar-refractivity contribution in [2.24, 2.45) is 0 Å². The van der Waals surface area contributed by atoms with Crippen molar-refractivity contribution in [1.82, 2.24) is 4.90 Å². The first-order valence-electron chi connectivity index (χ1n) is 8.50. The molecule has 1 aliphatic carbocycles. The molecular formula is C19H24N2S3. The summed E-state index contributed by atoms with van der Waals surface area (Å²) in [6.07, 6.45) is 8.59. The Bertz CT molecular complexity index is 648. The number of hydrogen-bond acceptors (Lipinski definition) is 3. The van der Waals surface area contributed by atoms with Gasteiger partial charge in [-0.3, -0.25) is 0 Å². The molecule has 0 saturated heterocycles. The summed E-state index contributed by atoms with van der Waals surface area (Å²) < 4.78 is 0. The van der Waals surface area contributed by atoms with Crippen LogP contribution in [-0.2, 0) is 6.54 Å². The highest BCUT2D eigenvalue weighted by Crippen LogP contribution is 2.26. The number of nitrogens with one attached hydrogen (secondary N) is 1. The maximum absolute atomic E-state index is 5.80. The summed E-state index contributed by atoms with van der Waals surface area (Å²) in [5, 5.41) is 6.48. The Kier molecular flexibility index (Phi) is 6.58. The molecule has 5 heteroatoms.